The zero-order valence-electron chi connectivity index (χ0n) is 9.29. The van der Waals surface area contributed by atoms with Crippen LogP contribution in [0.5, 0.6) is 0 Å². The van der Waals surface area contributed by atoms with Crippen LogP contribution >= 0.6 is 15.9 Å². The smallest absolute Gasteiger partial charge is 0.236 e. The van der Waals surface area contributed by atoms with Gasteiger partial charge >= 0.3 is 0 Å². The molecule has 1 saturated carbocycles. The summed E-state index contributed by atoms with van der Waals surface area (Å²) in [4.78, 5) is 16.2. The van der Waals surface area contributed by atoms with Crippen LogP contribution in [0, 0.1) is 0 Å². The average Bonchev–Trinajstić information content (AvgIpc) is 3.03. The molecule has 0 aromatic carbocycles. The first-order chi connectivity index (χ1) is 7.18. The van der Waals surface area contributed by atoms with Crippen molar-refractivity contribution in [2.45, 2.75) is 36.6 Å². The van der Waals surface area contributed by atoms with Gasteiger partial charge in [0.05, 0.1) is 4.83 Å². The lowest BCUT2D eigenvalue weighted by Gasteiger charge is -2.31. The molecule has 1 aliphatic heterocycles. The zero-order chi connectivity index (χ0) is 10.8. The molecule has 1 aliphatic carbocycles. The topological polar surface area (TPSA) is 23.6 Å². The number of hydrogen-bond donors (Lipinski definition) is 0. The van der Waals surface area contributed by atoms with E-state index in [0.29, 0.717) is 0 Å². The van der Waals surface area contributed by atoms with Gasteiger partial charge in [-0.15, -0.1) is 0 Å². The van der Waals surface area contributed by atoms with E-state index in [-0.39, 0.29) is 10.7 Å². The first-order valence-electron chi connectivity index (χ1n) is 5.81. The van der Waals surface area contributed by atoms with Crippen LogP contribution in [0.2, 0.25) is 0 Å². The predicted octanol–water partition coefficient (Wildman–Crippen LogP) is 1.47. The first-order valence-corrected chi connectivity index (χ1v) is 6.73. The minimum atomic E-state index is 0.0671. The summed E-state index contributed by atoms with van der Waals surface area (Å²) >= 11 is 3.44. The summed E-state index contributed by atoms with van der Waals surface area (Å²) in [5.41, 5.74) is 0. The molecule has 15 heavy (non-hydrogen) atoms. The summed E-state index contributed by atoms with van der Waals surface area (Å²) in [5.74, 6) is 0.283. The Hall–Kier alpha value is -0.0900. The fourth-order valence-electron chi connectivity index (χ4n) is 2.09. The summed E-state index contributed by atoms with van der Waals surface area (Å²) in [6.07, 6.45) is 4.81. The molecule has 1 heterocycles. The molecule has 0 aromatic heterocycles. The number of carbonyl (C=O) groups is 1. The zero-order valence-corrected chi connectivity index (χ0v) is 10.9. The number of hydrogen-bond acceptors (Lipinski definition) is 2. The first kappa shape index (κ1) is 11.4. The van der Waals surface area contributed by atoms with Gasteiger partial charge in [0.15, 0.2) is 0 Å². The van der Waals surface area contributed by atoms with Gasteiger partial charge in [-0.25, -0.2) is 0 Å². The van der Waals surface area contributed by atoms with Crippen LogP contribution in [-0.4, -0.2) is 53.3 Å². The van der Waals surface area contributed by atoms with E-state index in [0.717, 1.165) is 38.5 Å². The summed E-state index contributed by atoms with van der Waals surface area (Å²) in [7, 11) is 2.16. The Morgan fingerprint density at radius 2 is 2.20 bits per heavy atom. The van der Waals surface area contributed by atoms with Crippen molar-refractivity contribution < 1.29 is 4.79 Å². The Morgan fingerprint density at radius 3 is 2.87 bits per heavy atom. The number of amides is 1. The third kappa shape index (κ3) is 2.94. The van der Waals surface area contributed by atoms with E-state index >= 15 is 0 Å². The normalized spacial score (nSPS) is 27.5. The van der Waals surface area contributed by atoms with Crippen LogP contribution in [0.25, 0.3) is 0 Å². The molecule has 3 nitrogen and oxygen atoms in total. The second-order valence-electron chi connectivity index (χ2n) is 4.65. The SMILES string of the molecule is CN(CCN1CCCC(Br)C1=O)C1CC1. The lowest BCUT2D eigenvalue weighted by Crippen LogP contribution is -2.45. The van der Waals surface area contributed by atoms with Gasteiger partial charge in [0.1, 0.15) is 0 Å². The molecule has 2 aliphatic rings. The van der Waals surface area contributed by atoms with Crippen molar-refractivity contribution in [3.05, 3.63) is 0 Å². The fraction of sp³-hybridized carbons (Fsp3) is 0.909. The summed E-state index contributed by atoms with van der Waals surface area (Å²) in [5, 5.41) is 0. The van der Waals surface area contributed by atoms with Crippen LogP contribution in [0.3, 0.4) is 0 Å². The molecule has 0 N–H and O–H groups in total. The number of halogens is 1. The quantitative estimate of drug-likeness (QED) is 0.725. The molecule has 4 heteroatoms. The molecule has 1 saturated heterocycles. The maximum absolute atomic E-state index is 11.8. The second-order valence-corrected chi connectivity index (χ2v) is 5.75. The minimum absolute atomic E-state index is 0.0671. The Labute approximate surface area is 99.9 Å². The maximum Gasteiger partial charge on any atom is 0.236 e. The van der Waals surface area contributed by atoms with Crippen LogP contribution in [-0.2, 0) is 4.79 Å². The molecule has 0 spiro atoms. The molecule has 0 bridgehead atoms. The largest absolute Gasteiger partial charge is 0.340 e. The Bertz CT molecular complexity index is 243. The number of piperidine rings is 1. The minimum Gasteiger partial charge on any atom is -0.340 e. The number of alkyl halides is 1. The maximum atomic E-state index is 11.8. The number of rotatable bonds is 4. The highest BCUT2D eigenvalue weighted by atomic mass is 79.9. The van der Waals surface area contributed by atoms with Gasteiger partial charge < -0.3 is 9.80 Å². The van der Waals surface area contributed by atoms with Gasteiger partial charge in [0.2, 0.25) is 5.91 Å². The van der Waals surface area contributed by atoms with Crippen molar-refractivity contribution in [2.24, 2.45) is 0 Å². The summed E-state index contributed by atoms with van der Waals surface area (Å²) in [6.45, 7) is 2.86. The molecule has 1 atom stereocenters. The summed E-state index contributed by atoms with van der Waals surface area (Å²) in [6, 6.07) is 0.796. The number of nitrogens with zero attached hydrogens (tertiary/aromatic N) is 2. The van der Waals surface area contributed by atoms with Gasteiger partial charge in [-0.3, -0.25) is 4.79 Å². The van der Waals surface area contributed by atoms with Gasteiger partial charge in [0.25, 0.3) is 0 Å². The van der Waals surface area contributed by atoms with Gasteiger partial charge in [0, 0.05) is 25.7 Å². The Kier molecular flexibility index (Phi) is 3.67. The number of carbonyl (C=O) groups excluding carboxylic acids is 1. The van der Waals surface area contributed by atoms with E-state index < -0.39 is 0 Å². The van der Waals surface area contributed by atoms with Crippen molar-refractivity contribution in [2.75, 3.05) is 26.7 Å². The van der Waals surface area contributed by atoms with E-state index in [9.17, 15) is 4.79 Å². The second kappa shape index (κ2) is 4.83. The third-order valence-electron chi connectivity index (χ3n) is 3.36. The Morgan fingerprint density at radius 1 is 1.47 bits per heavy atom. The third-order valence-corrected chi connectivity index (χ3v) is 4.21. The van der Waals surface area contributed by atoms with Crippen molar-refractivity contribution in [3.63, 3.8) is 0 Å². The van der Waals surface area contributed by atoms with Crippen molar-refractivity contribution in [3.8, 4) is 0 Å². The molecule has 1 amide bonds. The monoisotopic (exact) mass is 274 g/mol. The van der Waals surface area contributed by atoms with Gasteiger partial charge in [-0.2, -0.15) is 0 Å². The van der Waals surface area contributed by atoms with E-state index in [1.54, 1.807) is 0 Å². The summed E-state index contributed by atoms with van der Waals surface area (Å²) < 4.78 is 0. The Balaban J connectivity index is 1.75. The standard InChI is InChI=1S/C11H19BrN2O/c1-13(9-4-5-9)7-8-14-6-2-3-10(12)11(14)15/h9-10H,2-8H2,1H3. The fourth-order valence-corrected chi connectivity index (χ4v) is 2.70. The number of likely N-dealkylation sites (tertiary alicyclic amines) is 1. The molecule has 86 valence electrons. The van der Waals surface area contributed by atoms with Crippen molar-refractivity contribution >= 4 is 21.8 Å². The van der Waals surface area contributed by atoms with Crippen molar-refractivity contribution in [1.82, 2.24) is 9.80 Å². The van der Waals surface area contributed by atoms with Crippen LogP contribution < -0.4 is 0 Å². The highest BCUT2D eigenvalue weighted by molar-refractivity contribution is 9.10. The molecule has 2 fully saturated rings. The molecule has 2 rings (SSSR count). The van der Waals surface area contributed by atoms with E-state index in [1.165, 1.54) is 12.8 Å². The van der Waals surface area contributed by atoms with Crippen LogP contribution in [0.4, 0.5) is 0 Å². The molecular weight excluding hydrogens is 256 g/mol. The van der Waals surface area contributed by atoms with Crippen LogP contribution in [0.15, 0.2) is 0 Å². The lowest BCUT2D eigenvalue weighted by atomic mass is 10.1. The molecular formula is C11H19BrN2O. The van der Waals surface area contributed by atoms with E-state index in [4.69, 9.17) is 0 Å². The molecule has 1 unspecified atom stereocenters. The highest BCUT2D eigenvalue weighted by Gasteiger charge is 2.29. The predicted molar refractivity (Wildman–Crippen MR) is 64.2 cm³/mol. The average molecular weight is 275 g/mol. The molecule has 0 radical (unpaired) electrons. The van der Waals surface area contributed by atoms with Crippen LogP contribution in [0.1, 0.15) is 25.7 Å². The van der Waals surface area contributed by atoms with Crippen molar-refractivity contribution in [1.29, 1.82) is 0 Å². The highest BCUT2D eigenvalue weighted by Crippen LogP contribution is 2.25. The van der Waals surface area contributed by atoms with E-state index in [2.05, 4.69) is 27.9 Å². The molecule has 0 aromatic rings. The number of likely N-dealkylation sites (N-methyl/N-ethyl adjacent to an activating group) is 1. The van der Waals surface area contributed by atoms with E-state index in [1.807, 2.05) is 4.90 Å². The van der Waals surface area contributed by atoms with Gasteiger partial charge in [-0.05, 0) is 32.7 Å². The van der Waals surface area contributed by atoms with Gasteiger partial charge in [-0.1, -0.05) is 15.9 Å². The lowest BCUT2D eigenvalue weighted by molar-refractivity contribution is -0.132.